The molecule has 3 rings (SSSR count). The predicted octanol–water partition coefficient (Wildman–Crippen LogP) is 3.67. The van der Waals surface area contributed by atoms with Gasteiger partial charge in [0.1, 0.15) is 11.8 Å². The number of aromatic nitrogens is 1. The highest BCUT2D eigenvalue weighted by Gasteiger charge is 2.07. The third-order valence-corrected chi connectivity index (χ3v) is 4.03. The van der Waals surface area contributed by atoms with Gasteiger partial charge in [0.05, 0.1) is 23.2 Å². The van der Waals surface area contributed by atoms with E-state index in [-0.39, 0.29) is 5.56 Å². The molecular weight excluding hydrogens is 326 g/mol. The molecule has 120 valence electrons. The number of anilines is 1. The highest BCUT2D eigenvalue weighted by atomic mass is 35.5. The second-order valence-corrected chi connectivity index (χ2v) is 5.62. The molecular formula is C18H14ClN3O2. The number of rotatable bonds is 4. The predicted molar refractivity (Wildman–Crippen MR) is 94.6 cm³/mol. The fourth-order valence-corrected chi connectivity index (χ4v) is 2.69. The summed E-state index contributed by atoms with van der Waals surface area (Å²) in [5.41, 5.74) is 2.25. The smallest absolute Gasteiger partial charge is 0.253 e. The number of nitriles is 1. The van der Waals surface area contributed by atoms with Crippen LogP contribution in [0.5, 0.6) is 5.75 Å². The third-order valence-electron chi connectivity index (χ3n) is 3.71. The Bertz CT molecular complexity index is 1010. The molecule has 5 nitrogen and oxygen atoms in total. The van der Waals surface area contributed by atoms with Crippen LogP contribution in [-0.4, -0.2) is 12.1 Å². The number of H-pyrrole nitrogens is 1. The van der Waals surface area contributed by atoms with Gasteiger partial charge in [0, 0.05) is 29.2 Å². The van der Waals surface area contributed by atoms with Crippen molar-refractivity contribution in [2.45, 2.75) is 6.54 Å². The standard InChI is InChI=1S/C18H14ClN3O2/c1-24-16-8-14(6-5-12(16)9-20)21-10-13-7-11-3-2-4-15(19)17(11)22-18(13)23/h2-8,21H,10H2,1H3,(H,22,23). The van der Waals surface area contributed by atoms with Crippen LogP contribution in [0.1, 0.15) is 11.1 Å². The Morgan fingerprint density at radius 2 is 2.12 bits per heavy atom. The number of fused-ring (bicyclic) bond motifs is 1. The number of aromatic amines is 1. The van der Waals surface area contributed by atoms with Crippen LogP contribution >= 0.6 is 11.6 Å². The first kappa shape index (κ1) is 15.9. The van der Waals surface area contributed by atoms with Gasteiger partial charge in [-0.2, -0.15) is 5.26 Å². The molecule has 1 aromatic heterocycles. The normalized spacial score (nSPS) is 10.4. The molecule has 6 heteroatoms. The zero-order chi connectivity index (χ0) is 17.1. The molecule has 0 atom stereocenters. The minimum atomic E-state index is -0.191. The molecule has 0 radical (unpaired) electrons. The van der Waals surface area contributed by atoms with E-state index in [0.717, 1.165) is 11.1 Å². The van der Waals surface area contributed by atoms with Gasteiger partial charge in [-0.05, 0) is 24.3 Å². The average Bonchev–Trinajstić information content (AvgIpc) is 2.60. The first-order valence-corrected chi connectivity index (χ1v) is 7.62. The van der Waals surface area contributed by atoms with E-state index in [1.807, 2.05) is 18.2 Å². The number of nitrogens with one attached hydrogen (secondary N) is 2. The number of pyridine rings is 1. The summed E-state index contributed by atoms with van der Waals surface area (Å²) in [6.45, 7) is 0.340. The van der Waals surface area contributed by atoms with Gasteiger partial charge in [0.15, 0.2) is 0 Å². The lowest BCUT2D eigenvalue weighted by molar-refractivity contribution is 0.413. The number of halogens is 1. The van der Waals surface area contributed by atoms with Crippen molar-refractivity contribution in [3.63, 3.8) is 0 Å². The summed E-state index contributed by atoms with van der Waals surface area (Å²) in [6, 6.07) is 14.5. The van der Waals surface area contributed by atoms with E-state index in [9.17, 15) is 4.79 Å². The topological polar surface area (TPSA) is 77.9 Å². The molecule has 24 heavy (non-hydrogen) atoms. The lowest BCUT2D eigenvalue weighted by atomic mass is 10.1. The Morgan fingerprint density at radius 1 is 1.29 bits per heavy atom. The van der Waals surface area contributed by atoms with Crippen molar-refractivity contribution < 1.29 is 4.74 Å². The monoisotopic (exact) mass is 339 g/mol. The first-order chi connectivity index (χ1) is 11.6. The van der Waals surface area contributed by atoms with E-state index in [0.29, 0.717) is 34.0 Å². The molecule has 0 amide bonds. The van der Waals surface area contributed by atoms with E-state index in [2.05, 4.69) is 16.4 Å². The molecule has 2 N–H and O–H groups in total. The summed E-state index contributed by atoms with van der Waals surface area (Å²) >= 11 is 6.09. The van der Waals surface area contributed by atoms with Gasteiger partial charge in [-0.1, -0.05) is 23.7 Å². The van der Waals surface area contributed by atoms with Crippen LogP contribution in [0.15, 0.2) is 47.3 Å². The Balaban J connectivity index is 1.87. The van der Waals surface area contributed by atoms with Crippen LogP contribution in [-0.2, 0) is 6.54 Å². The van der Waals surface area contributed by atoms with Gasteiger partial charge in [0.2, 0.25) is 0 Å². The van der Waals surface area contributed by atoms with Crippen molar-refractivity contribution in [2.75, 3.05) is 12.4 Å². The lowest BCUT2D eigenvalue weighted by Crippen LogP contribution is -2.15. The minimum absolute atomic E-state index is 0.191. The van der Waals surface area contributed by atoms with E-state index >= 15 is 0 Å². The first-order valence-electron chi connectivity index (χ1n) is 7.25. The number of benzene rings is 2. The van der Waals surface area contributed by atoms with Gasteiger partial charge < -0.3 is 15.0 Å². The molecule has 0 aliphatic carbocycles. The molecule has 0 unspecified atom stereocenters. The Kier molecular flexibility index (Phi) is 4.41. The number of methoxy groups -OCH3 is 1. The van der Waals surface area contributed by atoms with E-state index in [1.165, 1.54) is 7.11 Å². The van der Waals surface area contributed by atoms with Crippen LogP contribution in [0.2, 0.25) is 5.02 Å². The summed E-state index contributed by atoms with van der Waals surface area (Å²) in [4.78, 5) is 15.0. The Labute approximate surface area is 143 Å². The summed E-state index contributed by atoms with van der Waals surface area (Å²) in [6.07, 6.45) is 0. The van der Waals surface area contributed by atoms with Crippen molar-refractivity contribution >= 4 is 28.2 Å². The molecule has 0 saturated heterocycles. The average molecular weight is 340 g/mol. The highest BCUT2D eigenvalue weighted by molar-refractivity contribution is 6.35. The van der Waals surface area contributed by atoms with Crippen LogP contribution in [0.3, 0.4) is 0 Å². The largest absolute Gasteiger partial charge is 0.495 e. The fraction of sp³-hybridized carbons (Fsp3) is 0.111. The maximum Gasteiger partial charge on any atom is 0.253 e. The SMILES string of the molecule is COc1cc(NCc2cc3cccc(Cl)c3[nH]c2=O)ccc1C#N. The highest BCUT2D eigenvalue weighted by Crippen LogP contribution is 2.23. The van der Waals surface area contributed by atoms with Crippen molar-refractivity contribution in [1.29, 1.82) is 5.26 Å². The van der Waals surface area contributed by atoms with Crippen molar-refractivity contribution in [1.82, 2.24) is 4.98 Å². The minimum Gasteiger partial charge on any atom is -0.495 e. The molecule has 0 bridgehead atoms. The van der Waals surface area contributed by atoms with Crippen LogP contribution < -0.4 is 15.6 Å². The van der Waals surface area contributed by atoms with E-state index in [4.69, 9.17) is 21.6 Å². The molecule has 0 aliphatic heterocycles. The van der Waals surface area contributed by atoms with Crippen LogP contribution in [0.4, 0.5) is 5.69 Å². The number of hydrogen-bond donors (Lipinski definition) is 2. The van der Waals surface area contributed by atoms with Crippen LogP contribution in [0, 0.1) is 11.3 Å². The molecule has 0 saturated carbocycles. The van der Waals surface area contributed by atoms with Gasteiger partial charge in [-0.15, -0.1) is 0 Å². The molecule has 3 aromatic rings. The van der Waals surface area contributed by atoms with E-state index < -0.39 is 0 Å². The van der Waals surface area contributed by atoms with Gasteiger partial charge >= 0.3 is 0 Å². The maximum absolute atomic E-state index is 12.2. The zero-order valence-corrected chi connectivity index (χ0v) is 13.6. The second-order valence-electron chi connectivity index (χ2n) is 5.21. The number of nitrogens with zero attached hydrogens (tertiary/aromatic N) is 1. The zero-order valence-electron chi connectivity index (χ0n) is 12.9. The van der Waals surface area contributed by atoms with Gasteiger partial charge in [0.25, 0.3) is 5.56 Å². The van der Waals surface area contributed by atoms with Crippen molar-refractivity contribution in [2.24, 2.45) is 0 Å². The number of hydrogen-bond acceptors (Lipinski definition) is 4. The molecule has 0 aliphatic rings. The van der Waals surface area contributed by atoms with Gasteiger partial charge in [-0.25, -0.2) is 0 Å². The third kappa shape index (κ3) is 3.05. The molecule has 0 spiro atoms. The Hall–Kier alpha value is -2.97. The maximum atomic E-state index is 12.2. The lowest BCUT2D eigenvalue weighted by Gasteiger charge is -2.10. The number of ether oxygens (including phenoxy) is 1. The molecule has 0 fully saturated rings. The van der Waals surface area contributed by atoms with E-state index in [1.54, 1.807) is 24.3 Å². The summed E-state index contributed by atoms with van der Waals surface area (Å²) in [7, 11) is 1.51. The van der Waals surface area contributed by atoms with Gasteiger partial charge in [-0.3, -0.25) is 4.79 Å². The fourth-order valence-electron chi connectivity index (χ4n) is 2.46. The summed E-state index contributed by atoms with van der Waals surface area (Å²) in [5, 5.41) is 13.6. The van der Waals surface area contributed by atoms with Crippen molar-refractivity contribution in [3.8, 4) is 11.8 Å². The van der Waals surface area contributed by atoms with Crippen LogP contribution in [0.25, 0.3) is 10.9 Å². The number of para-hydroxylation sites is 1. The molecule has 1 heterocycles. The Morgan fingerprint density at radius 3 is 2.88 bits per heavy atom. The second kappa shape index (κ2) is 6.65. The quantitative estimate of drug-likeness (QED) is 0.760. The summed E-state index contributed by atoms with van der Waals surface area (Å²) < 4.78 is 5.18. The van der Waals surface area contributed by atoms with Crippen molar-refractivity contribution in [3.05, 3.63) is 69.0 Å². The summed E-state index contributed by atoms with van der Waals surface area (Å²) in [5.74, 6) is 0.488. The molecule has 2 aromatic carbocycles.